The monoisotopic (exact) mass is 497 g/mol. The van der Waals surface area contributed by atoms with Crippen molar-refractivity contribution in [1.29, 1.82) is 0 Å². The van der Waals surface area contributed by atoms with Crippen molar-refractivity contribution in [2.45, 2.75) is 126 Å². The lowest BCUT2D eigenvalue weighted by molar-refractivity contribution is -0.211. The molecule has 9 atom stereocenters. The second kappa shape index (κ2) is 7.85. The number of nitrogens with two attached hydrogens (primary N) is 1. The van der Waals surface area contributed by atoms with Crippen molar-refractivity contribution in [3.63, 3.8) is 0 Å². The third-order valence-electron chi connectivity index (χ3n) is 13.7. The van der Waals surface area contributed by atoms with E-state index in [0.29, 0.717) is 17.8 Å². The van der Waals surface area contributed by atoms with Gasteiger partial charge in [-0.2, -0.15) is 0 Å². The van der Waals surface area contributed by atoms with Crippen molar-refractivity contribution < 1.29 is 14.3 Å². The Morgan fingerprint density at radius 1 is 0.889 bits per heavy atom. The minimum absolute atomic E-state index is 0.0112. The van der Waals surface area contributed by atoms with Gasteiger partial charge in [0.1, 0.15) is 6.10 Å². The first-order chi connectivity index (χ1) is 16.5. The zero-order valence-corrected chi connectivity index (χ0v) is 24.3. The fraction of sp³-hybridized carbons (Fsp3) is 0.875. The standard InChI is InChI=1S/C32H51NO3/c1-20(34)36-25-12-13-30(6)23(27(25,2)3)11-14-32(8)24(30)10-9-21-22-19-29(5,26(33)35)16-15-28(22,4)17-18-31(21,32)7/h9,22-25H,10-19H2,1-8H3,(H2,33,35)/t22?,23?,24?,25-,28+,29-,30?,31-,32+/m0/s1. The molecule has 0 radical (unpaired) electrons. The van der Waals surface area contributed by atoms with Crippen LogP contribution in [-0.4, -0.2) is 18.0 Å². The number of carbonyl (C=O) groups excluding carboxylic acids is 2. The van der Waals surface area contributed by atoms with Crippen LogP contribution in [-0.2, 0) is 14.3 Å². The molecule has 202 valence electrons. The van der Waals surface area contributed by atoms with E-state index in [4.69, 9.17) is 10.5 Å². The molecule has 0 aromatic carbocycles. The number of allylic oxidation sites excluding steroid dienone is 2. The Morgan fingerprint density at radius 3 is 2.19 bits per heavy atom. The molecule has 0 heterocycles. The molecular weight excluding hydrogens is 446 g/mol. The molecule has 2 N–H and O–H groups in total. The first-order valence-electron chi connectivity index (χ1n) is 14.7. The molecule has 1 amide bonds. The van der Waals surface area contributed by atoms with Crippen LogP contribution in [0.2, 0.25) is 0 Å². The first-order valence-corrected chi connectivity index (χ1v) is 14.7. The molecule has 5 aliphatic carbocycles. The molecule has 5 aliphatic rings. The lowest BCUT2D eigenvalue weighted by Gasteiger charge is -2.71. The highest BCUT2D eigenvalue weighted by atomic mass is 16.5. The molecule has 4 unspecified atom stereocenters. The molecule has 0 bridgehead atoms. The van der Waals surface area contributed by atoms with E-state index in [1.165, 1.54) is 25.7 Å². The van der Waals surface area contributed by atoms with Gasteiger partial charge in [0.05, 0.1) is 0 Å². The van der Waals surface area contributed by atoms with Crippen molar-refractivity contribution in [1.82, 2.24) is 0 Å². The third kappa shape index (κ3) is 3.30. The molecule has 4 fully saturated rings. The highest BCUT2D eigenvalue weighted by molar-refractivity contribution is 5.80. The van der Waals surface area contributed by atoms with Crippen LogP contribution in [0.5, 0.6) is 0 Å². The van der Waals surface area contributed by atoms with Gasteiger partial charge in [-0.05, 0) is 104 Å². The van der Waals surface area contributed by atoms with Gasteiger partial charge in [0, 0.05) is 17.8 Å². The van der Waals surface area contributed by atoms with Crippen LogP contribution in [0.25, 0.3) is 0 Å². The van der Waals surface area contributed by atoms with E-state index in [1.807, 2.05) is 0 Å². The largest absolute Gasteiger partial charge is 0.462 e. The fourth-order valence-corrected chi connectivity index (χ4v) is 11.0. The van der Waals surface area contributed by atoms with Crippen LogP contribution in [0.1, 0.15) is 120 Å². The molecular formula is C32H51NO3. The molecule has 4 heteroatoms. The van der Waals surface area contributed by atoms with Gasteiger partial charge in [-0.3, -0.25) is 9.59 Å². The van der Waals surface area contributed by atoms with Crippen LogP contribution < -0.4 is 5.73 Å². The molecule has 0 spiro atoms. The van der Waals surface area contributed by atoms with E-state index in [-0.39, 0.29) is 50.5 Å². The van der Waals surface area contributed by atoms with E-state index >= 15 is 0 Å². The van der Waals surface area contributed by atoms with Gasteiger partial charge in [0.2, 0.25) is 5.91 Å². The summed E-state index contributed by atoms with van der Waals surface area (Å²) in [5.41, 5.74) is 8.18. The third-order valence-corrected chi connectivity index (χ3v) is 13.7. The van der Waals surface area contributed by atoms with Gasteiger partial charge in [-0.1, -0.05) is 60.1 Å². The van der Waals surface area contributed by atoms with Crippen molar-refractivity contribution in [2.24, 2.45) is 56.0 Å². The fourth-order valence-electron chi connectivity index (χ4n) is 11.0. The summed E-state index contributed by atoms with van der Waals surface area (Å²) in [7, 11) is 0. The van der Waals surface area contributed by atoms with E-state index in [1.54, 1.807) is 12.5 Å². The number of fused-ring (bicyclic) bond motifs is 7. The van der Waals surface area contributed by atoms with E-state index < -0.39 is 0 Å². The van der Waals surface area contributed by atoms with Crippen molar-refractivity contribution >= 4 is 11.9 Å². The lowest BCUT2D eigenvalue weighted by Crippen LogP contribution is -2.64. The van der Waals surface area contributed by atoms with E-state index in [9.17, 15) is 9.59 Å². The van der Waals surface area contributed by atoms with Gasteiger partial charge in [-0.25, -0.2) is 0 Å². The molecule has 0 aromatic heterocycles. The number of esters is 1. The predicted octanol–water partition coefficient (Wildman–Crippen LogP) is 7.21. The average Bonchev–Trinajstić information content (AvgIpc) is 2.77. The zero-order valence-electron chi connectivity index (χ0n) is 24.3. The molecule has 5 rings (SSSR count). The van der Waals surface area contributed by atoms with E-state index in [2.05, 4.69) is 54.5 Å². The van der Waals surface area contributed by atoms with E-state index in [0.717, 1.165) is 38.5 Å². The smallest absolute Gasteiger partial charge is 0.302 e. The summed E-state index contributed by atoms with van der Waals surface area (Å²) in [5, 5.41) is 0. The molecule has 0 aromatic rings. The Kier molecular flexibility index (Phi) is 5.74. The molecule has 0 saturated heterocycles. The van der Waals surface area contributed by atoms with Gasteiger partial charge in [-0.15, -0.1) is 0 Å². The van der Waals surface area contributed by atoms with Crippen LogP contribution in [0, 0.1) is 50.2 Å². The quantitative estimate of drug-likeness (QED) is 0.324. The minimum Gasteiger partial charge on any atom is -0.462 e. The predicted molar refractivity (Wildman–Crippen MR) is 144 cm³/mol. The summed E-state index contributed by atoms with van der Waals surface area (Å²) in [5.74, 6) is 1.39. The van der Waals surface area contributed by atoms with Crippen molar-refractivity contribution in [3.8, 4) is 0 Å². The van der Waals surface area contributed by atoms with Gasteiger partial charge >= 0.3 is 5.97 Å². The highest BCUT2D eigenvalue weighted by Crippen LogP contribution is 2.75. The number of ether oxygens (including phenoxy) is 1. The summed E-state index contributed by atoms with van der Waals surface area (Å²) in [4.78, 5) is 24.4. The number of primary amides is 1. The van der Waals surface area contributed by atoms with Gasteiger partial charge < -0.3 is 10.5 Å². The van der Waals surface area contributed by atoms with Crippen molar-refractivity contribution in [2.75, 3.05) is 0 Å². The van der Waals surface area contributed by atoms with Crippen LogP contribution in [0.3, 0.4) is 0 Å². The maximum absolute atomic E-state index is 12.5. The molecule has 4 saturated carbocycles. The van der Waals surface area contributed by atoms with Gasteiger partial charge in [0.15, 0.2) is 0 Å². The molecule has 0 aliphatic heterocycles. The number of rotatable bonds is 2. The maximum Gasteiger partial charge on any atom is 0.302 e. The summed E-state index contributed by atoms with van der Waals surface area (Å²) in [6.07, 6.45) is 13.8. The number of hydrogen-bond donors (Lipinski definition) is 1. The van der Waals surface area contributed by atoms with Crippen LogP contribution in [0.4, 0.5) is 0 Å². The second-order valence-corrected chi connectivity index (χ2v) is 15.6. The topological polar surface area (TPSA) is 69.4 Å². The average molecular weight is 498 g/mol. The maximum atomic E-state index is 12.5. The SMILES string of the molecule is CC(=O)O[C@H]1CCC2(C)C(CC[C@]3(C)C2CC=C2C4C[C@@](C)(C(N)=O)CC[C@]4(C)CC[C@@]23C)C1(C)C. The minimum atomic E-state index is -0.385. The Bertz CT molecular complexity index is 999. The molecule has 36 heavy (non-hydrogen) atoms. The summed E-state index contributed by atoms with van der Waals surface area (Å²) < 4.78 is 5.89. The normalized spacial score (nSPS) is 51.5. The van der Waals surface area contributed by atoms with Crippen LogP contribution in [0.15, 0.2) is 11.6 Å². The summed E-state index contributed by atoms with van der Waals surface area (Å²) in [6.45, 7) is 18.7. The highest BCUT2D eigenvalue weighted by Gasteiger charge is 2.68. The number of carbonyl (C=O) groups is 2. The zero-order chi connectivity index (χ0) is 26.5. The summed E-state index contributed by atoms with van der Waals surface area (Å²) in [6, 6.07) is 0. The number of amides is 1. The second-order valence-electron chi connectivity index (χ2n) is 15.6. The van der Waals surface area contributed by atoms with Crippen molar-refractivity contribution in [3.05, 3.63) is 11.6 Å². The first kappa shape index (κ1) is 26.3. The Hall–Kier alpha value is -1.32. The Labute approximate surface area is 219 Å². The lowest BCUT2D eigenvalue weighted by atomic mass is 9.33. The number of hydrogen-bond acceptors (Lipinski definition) is 3. The summed E-state index contributed by atoms with van der Waals surface area (Å²) >= 11 is 0. The van der Waals surface area contributed by atoms with Gasteiger partial charge in [0.25, 0.3) is 0 Å². The molecule has 4 nitrogen and oxygen atoms in total. The Balaban J connectivity index is 1.53. The van der Waals surface area contributed by atoms with Crippen LogP contribution >= 0.6 is 0 Å². The Morgan fingerprint density at radius 2 is 1.56 bits per heavy atom.